The SMILES string of the molecule is CCOC(=O)C1=C(C)N(c2cccc(C(F)(F)F)c2)C(=O)N(CC(=O)NCCN(C)CCNC(=O)CN2C(=O)N(c3cccc(C(F)(F)F)c3)C(C)=C(C(=O)OCC)[C@H]2c2ccc(C#N)cc2)[C@@H]1c1ccc(N)cc1. The predicted molar refractivity (Wildman–Crippen MR) is 262 cm³/mol. The van der Waals surface area contributed by atoms with Crippen molar-refractivity contribution in [1.29, 1.82) is 5.26 Å². The molecule has 17 nitrogen and oxygen atoms in total. The number of anilines is 3. The molecular formula is C52H53F6N9O8. The Kier molecular flexibility index (Phi) is 17.6. The third-order valence-electron chi connectivity index (χ3n) is 12.2. The van der Waals surface area contributed by atoms with Crippen LogP contribution in [-0.4, -0.2) is 110 Å². The van der Waals surface area contributed by atoms with Crippen LogP contribution in [0.25, 0.3) is 0 Å². The van der Waals surface area contributed by atoms with Gasteiger partial charge in [-0.15, -0.1) is 0 Å². The Labute approximate surface area is 427 Å². The highest BCUT2D eigenvalue weighted by Crippen LogP contribution is 2.43. The molecular weight excluding hydrogens is 993 g/mol. The molecule has 2 aliphatic heterocycles. The maximum atomic E-state index is 14.5. The normalized spacial score (nSPS) is 16.3. The van der Waals surface area contributed by atoms with Gasteiger partial charge in [0.15, 0.2) is 0 Å². The molecule has 0 spiro atoms. The molecule has 0 radical (unpaired) electrons. The molecule has 23 heteroatoms. The number of likely N-dealkylation sites (N-methyl/N-ethyl adjacent to an activating group) is 1. The van der Waals surface area contributed by atoms with Crippen LogP contribution in [0.5, 0.6) is 0 Å². The highest BCUT2D eigenvalue weighted by molar-refractivity contribution is 6.05. The Morgan fingerprint density at radius 1 is 0.653 bits per heavy atom. The second-order valence-corrected chi connectivity index (χ2v) is 17.2. The Hall–Kier alpha value is -8.39. The molecule has 4 aromatic rings. The third kappa shape index (κ3) is 12.9. The number of carbonyl (C=O) groups excluding carboxylic acids is 6. The highest BCUT2D eigenvalue weighted by Gasteiger charge is 2.46. The second-order valence-electron chi connectivity index (χ2n) is 17.2. The summed E-state index contributed by atoms with van der Waals surface area (Å²) in [5, 5.41) is 14.9. The van der Waals surface area contributed by atoms with E-state index in [1.165, 1.54) is 62.4 Å². The molecule has 4 aromatic carbocycles. The first kappa shape index (κ1) is 55.9. The lowest BCUT2D eigenvalue weighted by atomic mass is 9.92. The number of hydrogen-bond acceptors (Lipinski definition) is 11. The molecule has 6 amide bonds. The van der Waals surface area contributed by atoms with Crippen molar-refractivity contribution in [2.75, 3.05) is 75.1 Å². The van der Waals surface area contributed by atoms with Crippen molar-refractivity contribution < 1.29 is 64.6 Å². The summed E-state index contributed by atoms with van der Waals surface area (Å²) in [6, 6.07) is 17.5. The van der Waals surface area contributed by atoms with Gasteiger partial charge in [-0.2, -0.15) is 31.6 Å². The molecule has 2 heterocycles. The number of carbonyl (C=O) groups is 6. The van der Waals surface area contributed by atoms with E-state index in [1.807, 2.05) is 6.07 Å². The number of esters is 2. The van der Waals surface area contributed by atoms with Gasteiger partial charge in [0, 0.05) is 43.3 Å². The average molecular weight is 1050 g/mol. The van der Waals surface area contributed by atoms with E-state index >= 15 is 0 Å². The average Bonchev–Trinajstić information content (AvgIpc) is 3.35. The molecule has 2 atom stereocenters. The van der Waals surface area contributed by atoms with Crippen molar-refractivity contribution in [3.05, 3.63) is 147 Å². The summed E-state index contributed by atoms with van der Waals surface area (Å²) in [7, 11) is 1.66. The summed E-state index contributed by atoms with van der Waals surface area (Å²) in [5.74, 6) is -3.20. The minimum atomic E-state index is -4.78. The van der Waals surface area contributed by atoms with Gasteiger partial charge in [0.2, 0.25) is 11.8 Å². The molecule has 0 bridgehead atoms. The molecule has 0 fully saturated rings. The van der Waals surface area contributed by atoms with Gasteiger partial charge in [-0.1, -0.05) is 36.4 Å². The first-order valence-electron chi connectivity index (χ1n) is 23.4. The minimum absolute atomic E-state index is 0.0168. The number of nitrogen functional groups attached to an aromatic ring is 1. The van der Waals surface area contributed by atoms with Crippen LogP contribution in [0.3, 0.4) is 0 Å². The first-order chi connectivity index (χ1) is 35.5. The van der Waals surface area contributed by atoms with Gasteiger partial charge in [-0.3, -0.25) is 19.4 Å². The summed E-state index contributed by atoms with van der Waals surface area (Å²) in [4.78, 5) is 89.5. The Morgan fingerprint density at radius 3 is 1.40 bits per heavy atom. The van der Waals surface area contributed by atoms with Crippen LogP contribution < -0.4 is 26.2 Å². The lowest BCUT2D eigenvalue weighted by Gasteiger charge is -2.42. The zero-order valence-electron chi connectivity index (χ0n) is 41.3. The van der Waals surface area contributed by atoms with Crippen molar-refractivity contribution >= 4 is 52.9 Å². The Balaban J connectivity index is 1.16. The van der Waals surface area contributed by atoms with E-state index in [9.17, 15) is 60.4 Å². The Morgan fingerprint density at radius 2 is 1.04 bits per heavy atom. The van der Waals surface area contributed by atoms with Crippen LogP contribution in [0.2, 0.25) is 0 Å². The number of rotatable bonds is 18. The van der Waals surface area contributed by atoms with Crippen LogP contribution in [0.4, 0.5) is 53.0 Å². The fourth-order valence-electron chi connectivity index (χ4n) is 8.63. The standard InChI is InChI=1S/C52H53F6N9O8/c1-6-74-47(70)43-31(3)66(39-12-8-10-36(26-39)51(53,54)55)49(72)64(45(43)34-16-14-33(28-59)15-17-34)29-41(68)61-22-24-63(5)25-23-62-42(69)30-65-46(35-18-20-38(60)21-19-35)44(48(71)75-7-2)32(4)67(50(65)73)40-13-9-11-37(27-40)52(56,57)58/h8-21,26-27,45-46H,6-7,22-25,29-30,60H2,1-5H3,(H,61,68)(H,62,69)/t45-,46-/m1/s1. The van der Waals surface area contributed by atoms with E-state index in [0.717, 1.165) is 56.0 Å². The van der Waals surface area contributed by atoms with Crippen LogP contribution >= 0.6 is 0 Å². The fourth-order valence-corrected chi connectivity index (χ4v) is 8.63. The van der Waals surface area contributed by atoms with E-state index < -0.39 is 84.5 Å². The minimum Gasteiger partial charge on any atom is -0.463 e. The lowest BCUT2D eigenvalue weighted by molar-refractivity contribution is -0.140. The maximum Gasteiger partial charge on any atom is 0.416 e. The summed E-state index contributed by atoms with van der Waals surface area (Å²) < 4.78 is 94.0. The molecule has 0 aliphatic carbocycles. The smallest absolute Gasteiger partial charge is 0.416 e. The Bertz CT molecular complexity index is 2920. The molecule has 6 rings (SSSR count). The number of urea groups is 2. The van der Waals surface area contributed by atoms with E-state index in [0.29, 0.717) is 16.8 Å². The number of nitriles is 1. The van der Waals surface area contributed by atoms with Crippen LogP contribution in [-0.2, 0) is 41.0 Å². The van der Waals surface area contributed by atoms with Gasteiger partial charge < -0.3 is 40.5 Å². The molecule has 2 aliphatic rings. The van der Waals surface area contributed by atoms with Crippen LogP contribution in [0.15, 0.2) is 120 Å². The van der Waals surface area contributed by atoms with Crippen molar-refractivity contribution in [2.24, 2.45) is 0 Å². The molecule has 0 unspecified atom stereocenters. The number of nitrogens with one attached hydrogen (secondary N) is 2. The number of hydrogen-bond donors (Lipinski definition) is 3. The number of alkyl halides is 6. The summed E-state index contributed by atoms with van der Waals surface area (Å²) in [6.07, 6.45) is -9.56. The van der Waals surface area contributed by atoms with Crippen LogP contribution in [0, 0.1) is 11.3 Å². The summed E-state index contributed by atoms with van der Waals surface area (Å²) in [6.45, 7) is 4.61. The first-order valence-corrected chi connectivity index (χ1v) is 23.4. The monoisotopic (exact) mass is 1050 g/mol. The number of nitrogens with zero attached hydrogens (tertiary/aromatic N) is 6. The zero-order chi connectivity index (χ0) is 54.9. The summed E-state index contributed by atoms with van der Waals surface area (Å²) >= 11 is 0. The molecule has 0 saturated heterocycles. The number of allylic oxidation sites excluding steroid dienone is 2. The van der Waals surface area contributed by atoms with Gasteiger partial charge >= 0.3 is 36.4 Å². The highest BCUT2D eigenvalue weighted by atomic mass is 19.4. The van der Waals surface area contributed by atoms with E-state index in [1.54, 1.807) is 37.9 Å². The van der Waals surface area contributed by atoms with Gasteiger partial charge in [-0.25, -0.2) is 19.2 Å². The van der Waals surface area contributed by atoms with E-state index in [-0.39, 0.29) is 78.9 Å². The quantitative estimate of drug-likeness (QED) is 0.0500. The third-order valence-corrected chi connectivity index (χ3v) is 12.2. The number of nitrogens with two attached hydrogens (primary N) is 1. The summed E-state index contributed by atoms with van der Waals surface area (Å²) in [5.41, 5.74) is 4.29. The van der Waals surface area contributed by atoms with Gasteiger partial charge in [0.05, 0.1) is 70.6 Å². The molecule has 0 saturated carbocycles. The number of amides is 6. The number of benzene rings is 4. The van der Waals surface area contributed by atoms with E-state index in [2.05, 4.69) is 10.6 Å². The number of ether oxygens (including phenoxy) is 2. The fraction of sp³-hybridized carbons (Fsp3) is 0.327. The predicted octanol–water partition coefficient (Wildman–Crippen LogP) is 7.68. The zero-order valence-corrected chi connectivity index (χ0v) is 41.3. The van der Waals surface area contributed by atoms with Gasteiger partial charge in [-0.05, 0) is 107 Å². The van der Waals surface area contributed by atoms with Crippen molar-refractivity contribution in [2.45, 2.75) is 52.1 Å². The van der Waals surface area contributed by atoms with Crippen molar-refractivity contribution in [3.8, 4) is 6.07 Å². The number of halogens is 6. The van der Waals surface area contributed by atoms with Gasteiger partial charge in [0.1, 0.15) is 13.1 Å². The van der Waals surface area contributed by atoms with Crippen molar-refractivity contribution in [1.82, 2.24) is 25.3 Å². The van der Waals surface area contributed by atoms with Crippen molar-refractivity contribution in [3.63, 3.8) is 0 Å². The molecule has 75 heavy (non-hydrogen) atoms. The molecule has 396 valence electrons. The topological polar surface area (TPSA) is 211 Å². The molecule has 0 aromatic heterocycles. The van der Waals surface area contributed by atoms with E-state index in [4.69, 9.17) is 15.2 Å². The van der Waals surface area contributed by atoms with Gasteiger partial charge in [0.25, 0.3) is 0 Å². The van der Waals surface area contributed by atoms with Crippen LogP contribution in [0.1, 0.15) is 67.6 Å². The maximum absolute atomic E-state index is 14.5. The lowest BCUT2D eigenvalue weighted by Crippen LogP contribution is -2.54. The molecule has 4 N–H and O–H groups in total. The second kappa shape index (κ2) is 23.7. The largest absolute Gasteiger partial charge is 0.463 e.